The Kier molecular flexibility index (Phi) is 5.80. The van der Waals surface area contributed by atoms with Crippen LogP contribution in [0.4, 0.5) is 0 Å². The van der Waals surface area contributed by atoms with Crippen molar-refractivity contribution in [3.05, 3.63) is 35.9 Å². The van der Waals surface area contributed by atoms with Crippen LogP contribution in [-0.4, -0.2) is 38.4 Å². The van der Waals surface area contributed by atoms with E-state index in [0.29, 0.717) is 12.8 Å². The Morgan fingerprint density at radius 1 is 1.07 bits per heavy atom. The number of esters is 1. The maximum absolute atomic E-state index is 12.2. The second kappa shape index (κ2) is 7.56. The molecule has 5 nitrogen and oxygen atoms in total. The summed E-state index contributed by atoms with van der Waals surface area (Å²) < 4.78 is 25.0. The molecule has 2 aliphatic heterocycles. The predicted molar refractivity (Wildman–Crippen MR) is 110 cm³/mol. The molecule has 1 aromatic rings. The molecule has 0 saturated carbocycles. The highest BCUT2D eigenvalue weighted by atomic mass is 28.4. The monoisotopic (exact) mass is 406 g/mol. The van der Waals surface area contributed by atoms with Gasteiger partial charge in [-0.1, -0.05) is 51.1 Å². The summed E-state index contributed by atoms with van der Waals surface area (Å²) in [5.41, 5.74) is 1.02. The fourth-order valence-electron chi connectivity index (χ4n) is 3.60. The van der Waals surface area contributed by atoms with Crippen molar-refractivity contribution in [3.63, 3.8) is 0 Å². The summed E-state index contributed by atoms with van der Waals surface area (Å²) in [7, 11) is -2.03. The van der Waals surface area contributed by atoms with E-state index in [4.69, 9.17) is 18.6 Å². The van der Waals surface area contributed by atoms with E-state index < -0.39 is 26.3 Å². The molecule has 0 spiro atoms. The third-order valence-corrected chi connectivity index (χ3v) is 10.6. The third-order valence-electron chi connectivity index (χ3n) is 6.10. The van der Waals surface area contributed by atoms with E-state index in [1.807, 2.05) is 44.2 Å². The van der Waals surface area contributed by atoms with Crippen molar-refractivity contribution in [2.75, 3.05) is 0 Å². The van der Waals surface area contributed by atoms with Crippen molar-refractivity contribution in [1.29, 1.82) is 0 Å². The first-order valence-electron chi connectivity index (χ1n) is 10.2. The fraction of sp³-hybridized carbons (Fsp3) is 0.682. The highest BCUT2D eigenvalue weighted by Gasteiger charge is 2.52. The van der Waals surface area contributed by atoms with Crippen molar-refractivity contribution in [3.8, 4) is 0 Å². The predicted octanol–water partition coefficient (Wildman–Crippen LogP) is 4.98. The van der Waals surface area contributed by atoms with Crippen molar-refractivity contribution in [2.45, 2.75) is 95.8 Å². The lowest BCUT2D eigenvalue weighted by Gasteiger charge is -2.44. The summed E-state index contributed by atoms with van der Waals surface area (Å²) in [5, 5.41) is 0.0736. The van der Waals surface area contributed by atoms with Crippen LogP contribution in [0.2, 0.25) is 18.1 Å². The Morgan fingerprint density at radius 3 is 2.32 bits per heavy atom. The lowest BCUT2D eigenvalue weighted by atomic mass is 9.94. The van der Waals surface area contributed by atoms with Crippen molar-refractivity contribution >= 4 is 14.3 Å². The molecule has 156 valence electrons. The van der Waals surface area contributed by atoms with Gasteiger partial charge in [-0.05, 0) is 44.0 Å². The molecule has 0 unspecified atom stereocenters. The van der Waals surface area contributed by atoms with Crippen LogP contribution < -0.4 is 0 Å². The lowest BCUT2D eigenvalue weighted by Crippen LogP contribution is -2.54. The van der Waals surface area contributed by atoms with Gasteiger partial charge in [0.25, 0.3) is 0 Å². The van der Waals surface area contributed by atoms with Gasteiger partial charge in [0.2, 0.25) is 0 Å². The molecule has 3 rings (SSSR count). The molecule has 0 amide bonds. The zero-order chi connectivity index (χ0) is 20.7. The molecule has 4 atom stereocenters. The summed E-state index contributed by atoms with van der Waals surface area (Å²) in [5.74, 6) is -0.948. The second-order valence-electron chi connectivity index (χ2n) is 9.84. The van der Waals surface area contributed by atoms with Gasteiger partial charge in [-0.2, -0.15) is 0 Å². The van der Waals surface area contributed by atoms with Gasteiger partial charge in [-0.3, -0.25) is 4.79 Å². The Labute approximate surface area is 169 Å². The first-order valence-corrected chi connectivity index (χ1v) is 13.1. The highest BCUT2D eigenvalue weighted by Crippen LogP contribution is 2.44. The molecule has 6 heteroatoms. The molecule has 0 N–H and O–H groups in total. The number of carbonyl (C=O) groups excluding carboxylic acids is 1. The highest BCUT2D eigenvalue weighted by molar-refractivity contribution is 6.74. The third kappa shape index (κ3) is 4.51. The van der Waals surface area contributed by atoms with Gasteiger partial charge in [0.1, 0.15) is 12.2 Å². The molecular formula is C22H34O5Si. The molecular weight excluding hydrogens is 372 g/mol. The van der Waals surface area contributed by atoms with Crippen LogP contribution in [-0.2, 0) is 23.4 Å². The van der Waals surface area contributed by atoms with Crippen LogP contribution in [0.5, 0.6) is 0 Å². The molecule has 2 heterocycles. The first-order chi connectivity index (χ1) is 12.9. The molecule has 2 aliphatic rings. The number of carbonyl (C=O) groups is 1. The SMILES string of the molecule is CC1(C)O[C@@H]([C@@H]2OC(=O)CC[C@H]2O[Si](C)(C)C(C)(C)C)[C@@H](c2ccccc2)O1. The van der Waals surface area contributed by atoms with Gasteiger partial charge in [-0.25, -0.2) is 0 Å². The maximum atomic E-state index is 12.2. The standard InChI is InChI=1S/C22H34O5Si/c1-21(2,3)28(6,7)27-16-13-14-17(23)24-19(16)20-18(25-22(4,5)26-20)15-11-9-8-10-12-15/h8-12,16,18-20H,13-14H2,1-7H3/t16-,18-,19-,20-/m1/s1. The summed E-state index contributed by atoms with van der Waals surface area (Å²) >= 11 is 0. The van der Waals surface area contributed by atoms with Crippen molar-refractivity contribution < 1.29 is 23.4 Å². The van der Waals surface area contributed by atoms with E-state index in [1.54, 1.807) is 0 Å². The average molecular weight is 407 g/mol. The minimum atomic E-state index is -2.03. The van der Waals surface area contributed by atoms with Crippen LogP contribution in [0.15, 0.2) is 30.3 Å². The summed E-state index contributed by atoms with van der Waals surface area (Å²) in [6.45, 7) is 14.9. The van der Waals surface area contributed by atoms with E-state index in [0.717, 1.165) is 5.56 Å². The number of rotatable bonds is 4. The smallest absolute Gasteiger partial charge is 0.306 e. The number of cyclic esters (lactones) is 1. The summed E-state index contributed by atoms with van der Waals surface area (Å²) in [6, 6.07) is 9.99. The Bertz CT molecular complexity index is 695. The van der Waals surface area contributed by atoms with Crippen LogP contribution >= 0.6 is 0 Å². The molecule has 2 fully saturated rings. The van der Waals surface area contributed by atoms with Gasteiger partial charge in [0, 0.05) is 6.42 Å². The molecule has 0 bridgehead atoms. The second-order valence-corrected chi connectivity index (χ2v) is 14.6. The van der Waals surface area contributed by atoms with Crippen LogP contribution in [0.1, 0.15) is 59.1 Å². The molecule has 0 radical (unpaired) electrons. The number of ether oxygens (including phenoxy) is 3. The van der Waals surface area contributed by atoms with E-state index in [9.17, 15) is 4.79 Å². The summed E-state index contributed by atoms with van der Waals surface area (Å²) in [6.07, 6.45) is -0.357. The van der Waals surface area contributed by atoms with E-state index in [1.165, 1.54) is 0 Å². The Morgan fingerprint density at radius 2 is 1.71 bits per heavy atom. The number of hydrogen-bond acceptors (Lipinski definition) is 5. The Balaban J connectivity index is 1.90. The van der Waals surface area contributed by atoms with Gasteiger partial charge in [-0.15, -0.1) is 0 Å². The zero-order valence-corrected chi connectivity index (χ0v) is 19.2. The van der Waals surface area contributed by atoms with Crippen LogP contribution in [0, 0.1) is 0 Å². The lowest BCUT2D eigenvalue weighted by molar-refractivity contribution is -0.189. The quantitative estimate of drug-likeness (QED) is 0.522. The number of hydrogen-bond donors (Lipinski definition) is 0. The number of benzene rings is 1. The molecule has 1 aromatic carbocycles. The van der Waals surface area contributed by atoms with Crippen molar-refractivity contribution in [2.24, 2.45) is 0 Å². The van der Waals surface area contributed by atoms with Crippen molar-refractivity contribution in [1.82, 2.24) is 0 Å². The zero-order valence-electron chi connectivity index (χ0n) is 18.2. The van der Waals surface area contributed by atoms with Crippen LogP contribution in [0.3, 0.4) is 0 Å². The average Bonchev–Trinajstić information content (AvgIpc) is 2.92. The minimum Gasteiger partial charge on any atom is -0.457 e. The molecule has 28 heavy (non-hydrogen) atoms. The maximum Gasteiger partial charge on any atom is 0.306 e. The van der Waals surface area contributed by atoms with E-state index in [-0.39, 0.29) is 23.2 Å². The first kappa shape index (κ1) is 21.5. The molecule has 0 aliphatic carbocycles. The minimum absolute atomic E-state index is 0.0736. The Hall–Kier alpha value is -1.21. The van der Waals surface area contributed by atoms with E-state index in [2.05, 4.69) is 33.9 Å². The van der Waals surface area contributed by atoms with E-state index >= 15 is 0 Å². The molecule has 0 aromatic heterocycles. The molecule has 2 saturated heterocycles. The van der Waals surface area contributed by atoms with Gasteiger partial charge < -0.3 is 18.6 Å². The topological polar surface area (TPSA) is 54.0 Å². The normalized spacial score (nSPS) is 30.9. The van der Waals surface area contributed by atoms with Gasteiger partial charge >= 0.3 is 5.97 Å². The largest absolute Gasteiger partial charge is 0.457 e. The van der Waals surface area contributed by atoms with Gasteiger partial charge in [0.05, 0.1) is 6.10 Å². The van der Waals surface area contributed by atoms with Gasteiger partial charge in [0.15, 0.2) is 20.2 Å². The van der Waals surface area contributed by atoms with Crippen LogP contribution in [0.25, 0.3) is 0 Å². The fourth-order valence-corrected chi connectivity index (χ4v) is 4.96. The summed E-state index contributed by atoms with van der Waals surface area (Å²) in [4.78, 5) is 12.2.